The lowest BCUT2D eigenvalue weighted by Crippen LogP contribution is -2.25. The Balaban J connectivity index is 3.00. The van der Waals surface area contributed by atoms with Crippen LogP contribution in [0.3, 0.4) is 0 Å². The van der Waals surface area contributed by atoms with Crippen LogP contribution in [0.5, 0.6) is 0 Å². The molecular formula is C6H10N4O3. The Morgan fingerprint density at radius 2 is 2.46 bits per heavy atom. The van der Waals surface area contributed by atoms with Gasteiger partial charge in [0.05, 0.1) is 4.92 Å². The molecule has 0 fully saturated rings. The molecule has 0 aliphatic rings. The summed E-state index contributed by atoms with van der Waals surface area (Å²) >= 11 is 0. The van der Waals surface area contributed by atoms with Gasteiger partial charge < -0.3 is 10.8 Å². The fourth-order valence-electron chi connectivity index (χ4n) is 0.916. The van der Waals surface area contributed by atoms with Crippen molar-refractivity contribution >= 4 is 5.69 Å². The Hall–Kier alpha value is -1.47. The molecule has 0 aliphatic carbocycles. The van der Waals surface area contributed by atoms with Crippen LogP contribution in [0, 0.1) is 10.1 Å². The van der Waals surface area contributed by atoms with E-state index in [-0.39, 0.29) is 11.4 Å². The molecule has 0 saturated carbocycles. The highest BCUT2D eigenvalue weighted by molar-refractivity contribution is 5.34. The number of nitrogens with zero attached hydrogens (tertiary/aromatic N) is 2. The largest absolute Gasteiger partial charge is 0.385 e. The van der Waals surface area contributed by atoms with Gasteiger partial charge in [-0.05, 0) is 6.92 Å². The molecule has 1 rings (SSSR count). The number of hydrogen-bond donors (Lipinski definition) is 3. The van der Waals surface area contributed by atoms with Crippen molar-refractivity contribution in [2.45, 2.75) is 19.1 Å². The van der Waals surface area contributed by atoms with Crippen molar-refractivity contribution in [3.8, 4) is 0 Å². The number of hydrogen-bond acceptors (Lipinski definition) is 5. The van der Waals surface area contributed by atoms with E-state index < -0.39 is 17.1 Å². The van der Waals surface area contributed by atoms with Gasteiger partial charge in [0.15, 0.2) is 0 Å². The molecule has 7 heteroatoms. The first-order chi connectivity index (χ1) is 6.04. The number of nitrogens with one attached hydrogen (secondary N) is 1. The molecule has 0 radical (unpaired) electrons. The zero-order chi connectivity index (χ0) is 10.0. The van der Waals surface area contributed by atoms with Gasteiger partial charge in [-0.1, -0.05) is 0 Å². The van der Waals surface area contributed by atoms with E-state index in [1.165, 1.54) is 0 Å². The van der Waals surface area contributed by atoms with E-state index in [1.807, 2.05) is 0 Å². The van der Waals surface area contributed by atoms with Gasteiger partial charge in [0.25, 0.3) is 0 Å². The smallest absolute Gasteiger partial charge is 0.312 e. The van der Waals surface area contributed by atoms with Crippen LogP contribution in [0.4, 0.5) is 5.69 Å². The number of aliphatic hydroxyl groups excluding tert-OH is 1. The Bertz CT molecular complexity index is 309. The van der Waals surface area contributed by atoms with Gasteiger partial charge in [-0.25, -0.2) is 0 Å². The van der Waals surface area contributed by atoms with Crippen LogP contribution >= 0.6 is 0 Å². The third kappa shape index (κ3) is 1.82. The van der Waals surface area contributed by atoms with Crippen LogP contribution in [-0.4, -0.2) is 26.3 Å². The second kappa shape index (κ2) is 3.50. The molecule has 2 atom stereocenters. The monoisotopic (exact) mass is 186 g/mol. The Morgan fingerprint density at radius 3 is 2.92 bits per heavy atom. The molecule has 0 bridgehead atoms. The third-order valence-corrected chi connectivity index (χ3v) is 1.64. The summed E-state index contributed by atoms with van der Waals surface area (Å²) in [7, 11) is 0. The highest BCUT2D eigenvalue weighted by Gasteiger charge is 2.25. The van der Waals surface area contributed by atoms with Gasteiger partial charge in [0.1, 0.15) is 18.0 Å². The SMILES string of the molecule is CC(N)C(O)c1[nH]ncc1[N+](=O)[O-]. The highest BCUT2D eigenvalue weighted by Crippen LogP contribution is 2.23. The number of nitrogens with two attached hydrogens (primary N) is 1. The minimum absolute atomic E-state index is 0.0417. The number of nitro groups is 1. The molecule has 0 saturated heterocycles. The number of rotatable bonds is 3. The van der Waals surface area contributed by atoms with Crippen molar-refractivity contribution < 1.29 is 10.0 Å². The predicted octanol–water partition coefficient (Wildman–Crippen LogP) is -0.302. The van der Waals surface area contributed by atoms with E-state index >= 15 is 0 Å². The Labute approximate surface area is 73.7 Å². The normalized spacial score (nSPS) is 15.3. The minimum atomic E-state index is -1.09. The minimum Gasteiger partial charge on any atom is -0.385 e. The van der Waals surface area contributed by atoms with Crippen molar-refractivity contribution in [1.29, 1.82) is 0 Å². The van der Waals surface area contributed by atoms with E-state index in [2.05, 4.69) is 10.2 Å². The summed E-state index contributed by atoms with van der Waals surface area (Å²) in [4.78, 5) is 9.78. The number of H-pyrrole nitrogens is 1. The lowest BCUT2D eigenvalue weighted by Gasteiger charge is -2.11. The summed E-state index contributed by atoms with van der Waals surface area (Å²) in [5, 5.41) is 25.6. The lowest BCUT2D eigenvalue weighted by atomic mass is 10.1. The van der Waals surface area contributed by atoms with Crippen molar-refractivity contribution in [3.05, 3.63) is 22.0 Å². The quantitative estimate of drug-likeness (QED) is 0.442. The van der Waals surface area contributed by atoms with Crippen molar-refractivity contribution in [2.75, 3.05) is 0 Å². The molecule has 2 unspecified atom stereocenters. The molecule has 1 aromatic heterocycles. The lowest BCUT2D eigenvalue weighted by molar-refractivity contribution is -0.386. The van der Waals surface area contributed by atoms with E-state index in [1.54, 1.807) is 6.92 Å². The standard InChI is InChI=1S/C6H10N4O3/c1-3(7)6(11)5-4(10(12)13)2-8-9-5/h2-3,6,11H,7H2,1H3,(H,8,9). The number of aliphatic hydroxyl groups is 1. The fraction of sp³-hybridized carbons (Fsp3) is 0.500. The Kier molecular flexibility index (Phi) is 2.59. The molecular weight excluding hydrogens is 176 g/mol. The maximum Gasteiger partial charge on any atom is 0.312 e. The summed E-state index contributed by atoms with van der Waals surface area (Å²) in [6.45, 7) is 1.55. The first-order valence-corrected chi connectivity index (χ1v) is 3.65. The molecule has 72 valence electrons. The molecule has 0 amide bonds. The zero-order valence-corrected chi connectivity index (χ0v) is 6.97. The first kappa shape index (κ1) is 9.62. The maximum atomic E-state index is 10.4. The van der Waals surface area contributed by atoms with Gasteiger partial charge in [-0.15, -0.1) is 0 Å². The highest BCUT2D eigenvalue weighted by atomic mass is 16.6. The van der Waals surface area contributed by atoms with Crippen LogP contribution in [0.15, 0.2) is 6.20 Å². The molecule has 13 heavy (non-hydrogen) atoms. The fourth-order valence-corrected chi connectivity index (χ4v) is 0.916. The van der Waals surface area contributed by atoms with E-state index in [0.717, 1.165) is 6.20 Å². The third-order valence-electron chi connectivity index (χ3n) is 1.64. The van der Waals surface area contributed by atoms with Crippen molar-refractivity contribution in [1.82, 2.24) is 10.2 Å². The molecule has 1 heterocycles. The van der Waals surface area contributed by atoms with Crippen LogP contribution in [-0.2, 0) is 0 Å². The van der Waals surface area contributed by atoms with E-state index in [0.29, 0.717) is 0 Å². The van der Waals surface area contributed by atoms with Gasteiger partial charge >= 0.3 is 5.69 Å². The second-order valence-electron chi connectivity index (χ2n) is 2.73. The summed E-state index contributed by atoms with van der Waals surface area (Å²) in [6.07, 6.45) is -0.0519. The number of aromatic nitrogens is 2. The second-order valence-corrected chi connectivity index (χ2v) is 2.73. The molecule has 7 nitrogen and oxygen atoms in total. The maximum absolute atomic E-state index is 10.4. The van der Waals surface area contributed by atoms with Crippen molar-refractivity contribution in [3.63, 3.8) is 0 Å². The van der Waals surface area contributed by atoms with Crippen LogP contribution in [0.25, 0.3) is 0 Å². The predicted molar refractivity (Wildman–Crippen MR) is 43.9 cm³/mol. The average Bonchev–Trinajstić information content (AvgIpc) is 2.50. The molecule has 0 aromatic carbocycles. The van der Waals surface area contributed by atoms with E-state index in [4.69, 9.17) is 5.73 Å². The summed E-state index contributed by atoms with van der Waals surface area (Å²) in [6, 6.07) is -0.584. The Morgan fingerprint density at radius 1 is 1.85 bits per heavy atom. The van der Waals surface area contributed by atoms with Gasteiger partial charge in [0.2, 0.25) is 0 Å². The molecule has 0 spiro atoms. The van der Waals surface area contributed by atoms with Gasteiger partial charge in [-0.2, -0.15) is 5.10 Å². The average molecular weight is 186 g/mol. The molecule has 1 aromatic rings. The molecule has 0 aliphatic heterocycles. The summed E-state index contributed by atoms with van der Waals surface area (Å²) in [5.74, 6) is 0. The number of aromatic amines is 1. The zero-order valence-electron chi connectivity index (χ0n) is 6.97. The van der Waals surface area contributed by atoms with Crippen LogP contribution in [0.2, 0.25) is 0 Å². The van der Waals surface area contributed by atoms with Gasteiger partial charge in [0, 0.05) is 6.04 Å². The van der Waals surface area contributed by atoms with Gasteiger partial charge in [-0.3, -0.25) is 15.2 Å². The first-order valence-electron chi connectivity index (χ1n) is 3.65. The summed E-state index contributed by atoms with van der Waals surface area (Å²) < 4.78 is 0. The van der Waals surface area contributed by atoms with Crippen LogP contribution < -0.4 is 5.73 Å². The van der Waals surface area contributed by atoms with E-state index in [9.17, 15) is 15.2 Å². The summed E-state index contributed by atoms with van der Waals surface area (Å²) in [5.41, 5.74) is 5.17. The van der Waals surface area contributed by atoms with Crippen molar-refractivity contribution in [2.24, 2.45) is 5.73 Å². The molecule has 4 N–H and O–H groups in total. The topological polar surface area (TPSA) is 118 Å². The van der Waals surface area contributed by atoms with Crippen LogP contribution in [0.1, 0.15) is 18.7 Å².